The summed E-state index contributed by atoms with van der Waals surface area (Å²) in [7, 11) is 4.38. The van der Waals surface area contributed by atoms with E-state index < -0.39 is 5.82 Å². The van der Waals surface area contributed by atoms with Crippen LogP contribution in [-0.2, 0) is 6.54 Å². The Balaban J connectivity index is 0.00000176. The molecule has 0 atom stereocenters. The molecule has 1 aromatic carbocycles. The molecule has 0 unspecified atom stereocenters. The number of rotatable bonds is 9. The number of fused-ring (bicyclic) bond motifs is 1. The normalized spacial score (nSPS) is 11.4. The molecule has 152 valence electrons. The lowest BCUT2D eigenvalue weighted by atomic mass is 10.2. The molecule has 6 heteroatoms. The molecule has 0 bridgehead atoms. The van der Waals surface area contributed by atoms with Gasteiger partial charge in [-0.1, -0.05) is 39.0 Å². The third-order valence-corrected chi connectivity index (χ3v) is 5.67. The van der Waals surface area contributed by atoms with E-state index in [0.717, 1.165) is 47.7 Å². The van der Waals surface area contributed by atoms with Crippen molar-refractivity contribution in [3.63, 3.8) is 0 Å². The highest BCUT2D eigenvalue weighted by Crippen LogP contribution is 2.20. The van der Waals surface area contributed by atoms with Crippen LogP contribution in [0.2, 0.25) is 0 Å². The highest BCUT2D eigenvalue weighted by Gasteiger charge is 2.15. The standard InChI is InChI=1S/C19H29FN3OS.C2H6/c1-5-7-13-25-19-21-17-10-9-15(20)14-16(17)18(24)22(19)11-8-12-23(3,4)6-2;1-2/h9-10,14H,5-8,11-13H2,1-4H3;1-2H3/q+1;. The number of thioether (sulfide) groups is 1. The van der Waals surface area contributed by atoms with E-state index in [-0.39, 0.29) is 5.56 Å². The van der Waals surface area contributed by atoms with Gasteiger partial charge < -0.3 is 4.48 Å². The average Bonchev–Trinajstić information content (AvgIpc) is 2.66. The first-order valence-electron chi connectivity index (χ1n) is 10.0. The van der Waals surface area contributed by atoms with Gasteiger partial charge in [0.25, 0.3) is 5.56 Å². The molecule has 0 aliphatic heterocycles. The minimum Gasteiger partial charge on any atom is -0.329 e. The zero-order valence-corrected chi connectivity index (χ0v) is 18.5. The second-order valence-corrected chi connectivity index (χ2v) is 8.11. The minimum absolute atomic E-state index is 0.134. The van der Waals surface area contributed by atoms with Crippen molar-refractivity contribution in [3.8, 4) is 0 Å². The summed E-state index contributed by atoms with van der Waals surface area (Å²) in [6, 6.07) is 4.26. The number of halogens is 1. The van der Waals surface area contributed by atoms with E-state index in [1.54, 1.807) is 22.4 Å². The number of hydrogen-bond acceptors (Lipinski definition) is 3. The molecule has 0 amide bonds. The molecule has 2 rings (SSSR count). The van der Waals surface area contributed by atoms with E-state index in [0.29, 0.717) is 17.4 Å². The van der Waals surface area contributed by atoms with Gasteiger partial charge in [0, 0.05) is 18.7 Å². The Bertz CT molecular complexity index is 774. The van der Waals surface area contributed by atoms with Crippen molar-refractivity contribution in [1.29, 1.82) is 0 Å². The van der Waals surface area contributed by atoms with Gasteiger partial charge in [-0.2, -0.15) is 0 Å². The van der Waals surface area contributed by atoms with Crippen molar-refractivity contribution in [3.05, 3.63) is 34.4 Å². The van der Waals surface area contributed by atoms with Crippen LogP contribution in [0.4, 0.5) is 4.39 Å². The molecule has 0 radical (unpaired) electrons. The first kappa shape index (κ1) is 23.6. The van der Waals surface area contributed by atoms with Crippen LogP contribution >= 0.6 is 11.8 Å². The maximum absolute atomic E-state index is 13.6. The highest BCUT2D eigenvalue weighted by molar-refractivity contribution is 7.99. The Morgan fingerprint density at radius 2 is 1.89 bits per heavy atom. The largest absolute Gasteiger partial charge is 0.329 e. The summed E-state index contributed by atoms with van der Waals surface area (Å²) in [4.78, 5) is 17.5. The summed E-state index contributed by atoms with van der Waals surface area (Å²) in [6.07, 6.45) is 3.09. The van der Waals surface area contributed by atoms with E-state index in [1.807, 2.05) is 13.8 Å². The van der Waals surface area contributed by atoms with Gasteiger partial charge in [0.15, 0.2) is 5.16 Å². The van der Waals surface area contributed by atoms with E-state index in [4.69, 9.17) is 0 Å². The Kier molecular flexibility index (Phi) is 10.0. The Hall–Kier alpha value is -1.40. The SMILES string of the molecule is CC.CCCCSc1nc2ccc(F)cc2c(=O)n1CCC[N+](C)(C)CC. The molecule has 27 heavy (non-hydrogen) atoms. The molecule has 0 aliphatic carbocycles. The van der Waals surface area contributed by atoms with Crippen molar-refractivity contribution in [1.82, 2.24) is 9.55 Å². The maximum Gasteiger partial charge on any atom is 0.262 e. The van der Waals surface area contributed by atoms with Gasteiger partial charge in [0.2, 0.25) is 0 Å². The number of nitrogens with zero attached hydrogens (tertiary/aromatic N) is 3. The number of aromatic nitrogens is 2. The van der Waals surface area contributed by atoms with Crippen molar-refractivity contribution in [2.24, 2.45) is 0 Å². The summed E-state index contributed by atoms with van der Waals surface area (Å²) < 4.78 is 16.2. The monoisotopic (exact) mass is 396 g/mol. The second-order valence-electron chi connectivity index (χ2n) is 7.04. The summed E-state index contributed by atoms with van der Waals surface area (Å²) >= 11 is 1.62. The van der Waals surface area contributed by atoms with Gasteiger partial charge in [-0.15, -0.1) is 0 Å². The summed E-state index contributed by atoms with van der Waals surface area (Å²) in [5, 5.41) is 1.11. The zero-order chi connectivity index (χ0) is 20.4. The third kappa shape index (κ3) is 6.92. The minimum atomic E-state index is -0.395. The van der Waals surface area contributed by atoms with Crippen molar-refractivity contribution >= 4 is 22.7 Å². The average molecular weight is 397 g/mol. The summed E-state index contributed by atoms with van der Waals surface area (Å²) in [5.74, 6) is 0.541. The molecular weight excluding hydrogens is 361 g/mol. The quantitative estimate of drug-likeness (QED) is 0.261. The molecular formula is C21H35FN3OS+. The van der Waals surface area contributed by atoms with E-state index in [2.05, 4.69) is 32.9 Å². The zero-order valence-electron chi connectivity index (χ0n) is 17.7. The van der Waals surface area contributed by atoms with Crippen LogP contribution in [0.1, 0.15) is 47.0 Å². The molecule has 0 aliphatic rings. The lowest BCUT2D eigenvalue weighted by Gasteiger charge is -2.28. The molecule has 2 aromatic rings. The van der Waals surface area contributed by atoms with Crippen LogP contribution in [0.3, 0.4) is 0 Å². The van der Waals surface area contributed by atoms with Gasteiger partial charge >= 0.3 is 0 Å². The molecule has 0 fully saturated rings. The number of hydrogen-bond donors (Lipinski definition) is 0. The van der Waals surface area contributed by atoms with Crippen LogP contribution < -0.4 is 5.56 Å². The predicted molar refractivity (Wildman–Crippen MR) is 115 cm³/mol. The first-order valence-corrected chi connectivity index (χ1v) is 11.0. The highest BCUT2D eigenvalue weighted by atomic mass is 32.2. The Morgan fingerprint density at radius 3 is 2.52 bits per heavy atom. The molecule has 0 saturated heterocycles. The first-order chi connectivity index (χ1) is 12.9. The molecule has 0 saturated carbocycles. The molecule has 1 aromatic heterocycles. The van der Waals surface area contributed by atoms with Crippen LogP contribution in [0.5, 0.6) is 0 Å². The van der Waals surface area contributed by atoms with Crippen molar-refractivity contribution in [2.75, 3.05) is 32.9 Å². The molecule has 4 nitrogen and oxygen atoms in total. The number of benzene rings is 1. The predicted octanol–water partition coefficient (Wildman–Crippen LogP) is 4.94. The lowest BCUT2D eigenvalue weighted by Crippen LogP contribution is -2.40. The lowest BCUT2D eigenvalue weighted by molar-refractivity contribution is -0.888. The van der Waals surface area contributed by atoms with Gasteiger partial charge in [0.05, 0.1) is 38.1 Å². The second kappa shape index (κ2) is 11.4. The van der Waals surface area contributed by atoms with Gasteiger partial charge in [-0.25, -0.2) is 9.37 Å². The molecule has 1 heterocycles. The Labute approximate surface area is 167 Å². The van der Waals surface area contributed by atoms with Crippen LogP contribution in [-0.4, -0.2) is 47.0 Å². The van der Waals surface area contributed by atoms with E-state index >= 15 is 0 Å². The van der Waals surface area contributed by atoms with Gasteiger partial charge in [-0.3, -0.25) is 9.36 Å². The fraction of sp³-hybridized carbons (Fsp3) is 0.619. The Morgan fingerprint density at radius 1 is 1.19 bits per heavy atom. The third-order valence-electron chi connectivity index (χ3n) is 4.61. The van der Waals surface area contributed by atoms with Gasteiger partial charge in [0.1, 0.15) is 5.82 Å². The fourth-order valence-electron chi connectivity index (χ4n) is 2.60. The fourth-order valence-corrected chi connectivity index (χ4v) is 3.71. The molecule has 0 spiro atoms. The smallest absolute Gasteiger partial charge is 0.262 e. The van der Waals surface area contributed by atoms with E-state index in [1.165, 1.54) is 12.1 Å². The topological polar surface area (TPSA) is 34.9 Å². The van der Waals surface area contributed by atoms with Crippen LogP contribution in [0.25, 0.3) is 10.9 Å². The van der Waals surface area contributed by atoms with Crippen molar-refractivity contribution < 1.29 is 8.87 Å². The summed E-state index contributed by atoms with van der Waals surface area (Å²) in [6.45, 7) is 11.0. The van der Waals surface area contributed by atoms with Crippen LogP contribution in [0, 0.1) is 5.82 Å². The molecule has 0 N–H and O–H groups in total. The summed E-state index contributed by atoms with van der Waals surface area (Å²) in [5.41, 5.74) is 0.441. The van der Waals surface area contributed by atoms with Crippen molar-refractivity contribution in [2.45, 2.75) is 58.7 Å². The van der Waals surface area contributed by atoms with Gasteiger partial charge in [-0.05, 0) is 31.5 Å². The number of quaternary nitrogens is 1. The maximum atomic E-state index is 13.6. The van der Waals surface area contributed by atoms with Crippen LogP contribution in [0.15, 0.2) is 28.2 Å². The number of unbranched alkanes of at least 4 members (excludes halogenated alkanes) is 1. The van der Waals surface area contributed by atoms with E-state index in [9.17, 15) is 9.18 Å².